The highest BCUT2D eigenvalue weighted by Crippen LogP contribution is 2.21. The molecule has 1 aromatic heterocycles. The van der Waals surface area contributed by atoms with Crippen molar-refractivity contribution < 1.29 is 23.0 Å². The topological polar surface area (TPSA) is 59.1 Å². The molecule has 0 atom stereocenters. The second-order valence-corrected chi connectivity index (χ2v) is 5.10. The number of rotatable bonds is 5. The van der Waals surface area contributed by atoms with Gasteiger partial charge in [-0.1, -0.05) is 15.9 Å². The van der Waals surface area contributed by atoms with Gasteiger partial charge in [-0.25, -0.2) is 4.68 Å². The first kappa shape index (κ1) is 17.7. The third kappa shape index (κ3) is 4.85. The smallest absolute Gasteiger partial charge is 0.422 e. The number of alkyl halides is 4. The van der Waals surface area contributed by atoms with Crippen LogP contribution in [0.5, 0.6) is 5.75 Å². The van der Waals surface area contributed by atoms with E-state index in [9.17, 15) is 18.3 Å². The van der Waals surface area contributed by atoms with E-state index < -0.39 is 18.4 Å². The van der Waals surface area contributed by atoms with Crippen molar-refractivity contribution in [1.29, 1.82) is 0 Å². The van der Waals surface area contributed by atoms with Crippen molar-refractivity contribution in [2.24, 2.45) is 10.1 Å². The number of hydrogen-bond donors (Lipinski definition) is 1. The molecule has 0 spiro atoms. The lowest BCUT2D eigenvalue weighted by atomic mass is 10.0. The maximum Gasteiger partial charge on any atom is 0.422 e. The number of pyridine rings is 1. The third-order valence-electron chi connectivity index (χ3n) is 2.41. The van der Waals surface area contributed by atoms with E-state index in [0.717, 1.165) is 4.68 Å². The fourth-order valence-electron chi connectivity index (χ4n) is 1.60. The molecule has 5 nitrogen and oxygen atoms in total. The van der Waals surface area contributed by atoms with Crippen molar-refractivity contribution in [3.8, 4) is 5.75 Å². The quantitative estimate of drug-likeness (QED) is 0.492. The Balaban J connectivity index is 3.42. The van der Waals surface area contributed by atoms with E-state index in [1.807, 2.05) is 0 Å². The van der Waals surface area contributed by atoms with Crippen LogP contribution in [0.2, 0.25) is 0 Å². The van der Waals surface area contributed by atoms with Crippen LogP contribution in [0.3, 0.4) is 0 Å². The molecule has 0 fully saturated rings. The van der Waals surface area contributed by atoms with E-state index in [-0.39, 0.29) is 16.7 Å². The predicted molar refractivity (Wildman–Crippen MR) is 75.5 cm³/mol. The summed E-state index contributed by atoms with van der Waals surface area (Å²) in [6.45, 7) is 4.92. The van der Waals surface area contributed by atoms with Gasteiger partial charge < -0.3 is 9.84 Å². The number of hydrogen-bond acceptors (Lipinski definition) is 4. The van der Waals surface area contributed by atoms with Gasteiger partial charge in [0, 0.05) is 6.72 Å². The lowest BCUT2D eigenvalue weighted by molar-refractivity contribution is -0.153. The molecule has 1 heterocycles. The Hall–Kier alpha value is -1.35. The van der Waals surface area contributed by atoms with Crippen LogP contribution in [0.4, 0.5) is 13.2 Å². The molecule has 1 N–H and O–H groups in total. The van der Waals surface area contributed by atoms with Crippen LogP contribution in [0.1, 0.15) is 19.5 Å². The fourth-order valence-corrected chi connectivity index (χ4v) is 1.84. The number of ether oxygens (including phenoxy) is 1. The molecule has 0 unspecified atom stereocenters. The van der Waals surface area contributed by atoms with Crippen LogP contribution in [0, 0.1) is 0 Å². The summed E-state index contributed by atoms with van der Waals surface area (Å²) in [5, 5.41) is 13.8. The van der Waals surface area contributed by atoms with Gasteiger partial charge in [0.15, 0.2) is 17.8 Å². The van der Waals surface area contributed by atoms with Crippen LogP contribution in [-0.2, 0) is 5.60 Å². The van der Waals surface area contributed by atoms with E-state index in [1.165, 1.54) is 26.0 Å². The normalized spacial score (nSPS) is 13.4. The summed E-state index contributed by atoms with van der Waals surface area (Å²) >= 11 is 3.07. The van der Waals surface area contributed by atoms with Gasteiger partial charge in [-0.05, 0) is 26.0 Å². The molecule has 0 saturated heterocycles. The zero-order valence-electron chi connectivity index (χ0n) is 11.5. The highest BCUT2D eigenvalue weighted by molar-refractivity contribution is 9.09. The lowest BCUT2D eigenvalue weighted by Gasteiger charge is -2.22. The summed E-state index contributed by atoms with van der Waals surface area (Å²) in [5.41, 5.74) is -0.803. The Bertz CT molecular complexity index is 577. The summed E-state index contributed by atoms with van der Waals surface area (Å²) < 4.78 is 42.7. The van der Waals surface area contributed by atoms with Gasteiger partial charge >= 0.3 is 6.18 Å². The summed E-state index contributed by atoms with van der Waals surface area (Å²) in [7, 11) is 0. The van der Waals surface area contributed by atoms with Crippen LogP contribution in [0.25, 0.3) is 0 Å². The average Bonchev–Trinajstić information content (AvgIpc) is 2.34. The summed E-state index contributed by atoms with van der Waals surface area (Å²) in [6.07, 6.45) is -4.47. The molecule has 0 amide bonds. The standard InChI is InChI=1S/C12H15BrF3N3O2/c1-11(2,20)9-5-4-8(21-6-12(14,15)16)10(18-7-13)19(9)17-3/h4-5,20H,3,6-7H2,1-2H3/b18-10-. The minimum Gasteiger partial charge on any atom is -0.480 e. The molecule has 118 valence electrons. The van der Waals surface area contributed by atoms with Crippen LogP contribution in [0.15, 0.2) is 22.2 Å². The highest BCUT2D eigenvalue weighted by atomic mass is 79.9. The molecule has 0 aliphatic heterocycles. The molecule has 0 aliphatic rings. The van der Waals surface area contributed by atoms with Gasteiger partial charge in [0.1, 0.15) is 5.60 Å². The van der Waals surface area contributed by atoms with Crippen molar-refractivity contribution in [1.82, 2.24) is 4.68 Å². The zero-order chi connectivity index (χ0) is 16.3. The first-order chi connectivity index (χ1) is 9.60. The van der Waals surface area contributed by atoms with Gasteiger partial charge in [0.2, 0.25) is 0 Å². The molecule has 0 aliphatic carbocycles. The number of nitrogens with zero attached hydrogens (tertiary/aromatic N) is 3. The molecular formula is C12H15BrF3N3O2. The molecule has 9 heteroatoms. The molecule has 0 saturated carbocycles. The zero-order valence-corrected chi connectivity index (χ0v) is 13.1. The van der Waals surface area contributed by atoms with E-state index in [2.05, 4.69) is 32.7 Å². The van der Waals surface area contributed by atoms with Crippen LogP contribution >= 0.6 is 15.9 Å². The summed E-state index contributed by atoms with van der Waals surface area (Å²) in [5.74, 6) is -0.104. The van der Waals surface area contributed by atoms with E-state index in [1.54, 1.807) is 0 Å². The van der Waals surface area contributed by atoms with Crippen LogP contribution < -0.4 is 10.2 Å². The van der Waals surface area contributed by atoms with Crippen molar-refractivity contribution in [3.05, 3.63) is 23.3 Å². The Kier molecular flexibility index (Phi) is 5.57. The molecule has 1 aromatic rings. The van der Waals surface area contributed by atoms with Gasteiger partial charge in [-0.15, -0.1) is 0 Å². The van der Waals surface area contributed by atoms with Gasteiger partial charge in [-0.2, -0.15) is 18.3 Å². The average molecular weight is 370 g/mol. The van der Waals surface area contributed by atoms with E-state index >= 15 is 0 Å². The Labute approximate surface area is 127 Å². The van der Waals surface area contributed by atoms with E-state index in [0.29, 0.717) is 5.69 Å². The van der Waals surface area contributed by atoms with Gasteiger partial charge in [0.25, 0.3) is 0 Å². The molecular weight excluding hydrogens is 355 g/mol. The Morgan fingerprint density at radius 2 is 2.00 bits per heavy atom. The summed E-state index contributed by atoms with van der Waals surface area (Å²) in [6, 6.07) is 2.72. The minimum absolute atomic E-state index is 0.0331. The first-order valence-corrected chi connectivity index (χ1v) is 6.94. The maximum absolute atomic E-state index is 12.3. The van der Waals surface area contributed by atoms with E-state index in [4.69, 9.17) is 4.74 Å². The van der Waals surface area contributed by atoms with Crippen LogP contribution in [-0.4, -0.2) is 34.7 Å². The number of aromatic nitrogens is 1. The number of halogens is 4. The second kappa shape index (κ2) is 6.61. The van der Waals surface area contributed by atoms with Crippen molar-refractivity contribution in [2.75, 3.05) is 12.1 Å². The van der Waals surface area contributed by atoms with Crippen molar-refractivity contribution >= 4 is 22.6 Å². The Morgan fingerprint density at radius 1 is 1.38 bits per heavy atom. The molecule has 21 heavy (non-hydrogen) atoms. The SMILES string of the molecule is C=Nn1c(C(C)(C)O)ccc(OCC(F)(F)F)/c1=N/CBr. The summed E-state index contributed by atoms with van der Waals surface area (Å²) in [4.78, 5) is 3.99. The minimum atomic E-state index is -4.47. The molecule has 0 aromatic carbocycles. The van der Waals surface area contributed by atoms with Gasteiger partial charge in [0.05, 0.1) is 11.1 Å². The molecule has 0 bridgehead atoms. The van der Waals surface area contributed by atoms with Gasteiger partial charge in [-0.3, -0.25) is 4.99 Å². The number of aliphatic hydroxyl groups is 1. The highest BCUT2D eigenvalue weighted by Gasteiger charge is 2.29. The largest absolute Gasteiger partial charge is 0.480 e. The predicted octanol–water partition coefficient (Wildman–Crippen LogP) is 2.37. The molecule has 0 radical (unpaired) electrons. The van der Waals surface area contributed by atoms with Crippen molar-refractivity contribution in [3.63, 3.8) is 0 Å². The fraction of sp³-hybridized carbons (Fsp3) is 0.500. The second-order valence-electron chi connectivity index (χ2n) is 4.60. The monoisotopic (exact) mass is 369 g/mol. The van der Waals surface area contributed by atoms with Crippen molar-refractivity contribution in [2.45, 2.75) is 25.6 Å². The maximum atomic E-state index is 12.3. The lowest BCUT2D eigenvalue weighted by Crippen LogP contribution is -2.31. The Morgan fingerprint density at radius 3 is 2.43 bits per heavy atom. The third-order valence-corrected chi connectivity index (χ3v) is 2.66. The first-order valence-electron chi connectivity index (χ1n) is 5.82. The molecule has 1 rings (SSSR count).